The van der Waals surface area contributed by atoms with Crippen LogP contribution in [0.1, 0.15) is 10.9 Å². The van der Waals surface area contributed by atoms with Crippen LogP contribution < -0.4 is 10.6 Å². The van der Waals surface area contributed by atoms with E-state index in [1.165, 1.54) is 4.88 Å². The Bertz CT molecular complexity index is 189. The molecule has 1 aliphatic rings. The normalized spacial score (nSPS) is 25.4. The van der Waals surface area contributed by atoms with Crippen LogP contribution in [0.3, 0.4) is 0 Å². The summed E-state index contributed by atoms with van der Waals surface area (Å²) in [6.45, 7) is 2.02. The Morgan fingerprint density at radius 1 is 1.60 bits per heavy atom. The molecule has 1 unspecified atom stereocenters. The van der Waals surface area contributed by atoms with Crippen molar-refractivity contribution in [2.24, 2.45) is 0 Å². The SMILES string of the molecule is c1csc(C2CNCN2)c1. The molecule has 2 nitrogen and oxygen atoms in total. The summed E-state index contributed by atoms with van der Waals surface area (Å²) < 4.78 is 0. The molecule has 10 heavy (non-hydrogen) atoms. The molecular formula is C7H10N2S. The van der Waals surface area contributed by atoms with Crippen molar-refractivity contribution >= 4 is 11.3 Å². The third-order valence-electron chi connectivity index (χ3n) is 1.71. The fraction of sp³-hybridized carbons (Fsp3) is 0.429. The Morgan fingerprint density at radius 2 is 2.60 bits per heavy atom. The lowest BCUT2D eigenvalue weighted by atomic mass is 10.3. The van der Waals surface area contributed by atoms with E-state index in [0.29, 0.717) is 6.04 Å². The fourth-order valence-corrected chi connectivity index (χ4v) is 1.98. The van der Waals surface area contributed by atoms with E-state index in [4.69, 9.17) is 0 Å². The number of hydrogen-bond donors (Lipinski definition) is 2. The van der Waals surface area contributed by atoms with E-state index >= 15 is 0 Å². The third-order valence-corrected chi connectivity index (χ3v) is 2.69. The van der Waals surface area contributed by atoms with Gasteiger partial charge in [-0.05, 0) is 11.4 Å². The minimum Gasteiger partial charge on any atom is -0.303 e. The molecule has 2 N–H and O–H groups in total. The van der Waals surface area contributed by atoms with Crippen LogP contribution in [0.2, 0.25) is 0 Å². The van der Waals surface area contributed by atoms with Crippen LogP contribution in [0.5, 0.6) is 0 Å². The monoisotopic (exact) mass is 154 g/mol. The molecule has 54 valence electrons. The largest absolute Gasteiger partial charge is 0.303 e. The first-order valence-electron chi connectivity index (χ1n) is 3.44. The quantitative estimate of drug-likeness (QED) is 0.629. The van der Waals surface area contributed by atoms with Gasteiger partial charge in [0.2, 0.25) is 0 Å². The molecule has 1 aliphatic heterocycles. The molecular weight excluding hydrogens is 144 g/mol. The first kappa shape index (κ1) is 6.34. The Kier molecular flexibility index (Phi) is 1.71. The summed E-state index contributed by atoms with van der Waals surface area (Å²) in [6.07, 6.45) is 0. The van der Waals surface area contributed by atoms with E-state index in [1.807, 2.05) is 11.3 Å². The van der Waals surface area contributed by atoms with Crippen molar-refractivity contribution in [3.8, 4) is 0 Å². The molecule has 0 bridgehead atoms. The van der Waals surface area contributed by atoms with E-state index < -0.39 is 0 Å². The van der Waals surface area contributed by atoms with Crippen LogP contribution in [0.25, 0.3) is 0 Å². The molecule has 1 saturated heterocycles. The van der Waals surface area contributed by atoms with Crippen LogP contribution in [-0.4, -0.2) is 13.2 Å². The summed E-state index contributed by atoms with van der Waals surface area (Å²) in [7, 11) is 0. The van der Waals surface area contributed by atoms with Crippen molar-refractivity contribution in [1.82, 2.24) is 10.6 Å². The van der Waals surface area contributed by atoms with Crippen molar-refractivity contribution in [2.45, 2.75) is 6.04 Å². The zero-order valence-corrected chi connectivity index (χ0v) is 6.45. The maximum Gasteiger partial charge on any atom is 0.0551 e. The maximum atomic E-state index is 3.36. The Hall–Kier alpha value is -0.380. The first-order valence-corrected chi connectivity index (χ1v) is 4.32. The van der Waals surface area contributed by atoms with Gasteiger partial charge in [-0.2, -0.15) is 0 Å². The van der Waals surface area contributed by atoms with Gasteiger partial charge >= 0.3 is 0 Å². The van der Waals surface area contributed by atoms with Gasteiger partial charge < -0.3 is 5.32 Å². The molecule has 1 aromatic rings. The standard InChI is InChI=1S/C7H10N2S/c1-2-7(10-3-1)6-4-8-5-9-6/h1-3,6,8-9H,4-5H2. The van der Waals surface area contributed by atoms with Crippen molar-refractivity contribution < 1.29 is 0 Å². The highest BCUT2D eigenvalue weighted by molar-refractivity contribution is 7.10. The molecule has 3 heteroatoms. The lowest BCUT2D eigenvalue weighted by Crippen LogP contribution is -2.13. The summed E-state index contributed by atoms with van der Waals surface area (Å²) in [5, 5.41) is 8.73. The maximum absolute atomic E-state index is 3.36. The summed E-state index contributed by atoms with van der Waals surface area (Å²) in [6, 6.07) is 4.83. The van der Waals surface area contributed by atoms with Gasteiger partial charge in [0.05, 0.1) is 6.04 Å². The highest BCUT2D eigenvalue weighted by Gasteiger charge is 2.15. The number of nitrogens with one attached hydrogen (secondary N) is 2. The van der Waals surface area contributed by atoms with Gasteiger partial charge in [-0.15, -0.1) is 11.3 Å². The molecule has 1 aromatic heterocycles. The lowest BCUT2D eigenvalue weighted by molar-refractivity contribution is 0.689. The topological polar surface area (TPSA) is 24.1 Å². The highest BCUT2D eigenvalue weighted by atomic mass is 32.1. The second-order valence-electron chi connectivity index (χ2n) is 2.40. The van der Waals surface area contributed by atoms with E-state index in [2.05, 4.69) is 28.1 Å². The Labute approximate surface area is 64.3 Å². The fourth-order valence-electron chi connectivity index (χ4n) is 1.17. The van der Waals surface area contributed by atoms with Gasteiger partial charge in [0.25, 0.3) is 0 Å². The van der Waals surface area contributed by atoms with Gasteiger partial charge in [0.1, 0.15) is 0 Å². The molecule has 0 amide bonds. The van der Waals surface area contributed by atoms with Gasteiger partial charge in [0, 0.05) is 18.1 Å². The molecule has 0 saturated carbocycles. The smallest absolute Gasteiger partial charge is 0.0551 e. The number of rotatable bonds is 1. The summed E-state index contributed by atoms with van der Waals surface area (Å²) in [5.41, 5.74) is 0. The molecule has 0 aliphatic carbocycles. The van der Waals surface area contributed by atoms with Crippen LogP contribution in [-0.2, 0) is 0 Å². The minimum atomic E-state index is 0.556. The summed E-state index contributed by atoms with van der Waals surface area (Å²) >= 11 is 1.82. The third kappa shape index (κ3) is 1.08. The van der Waals surface area contributed by atoms with Crippen molar-refractivity contribution in [2.75, 3.05) is 13.2 Å². The summed E-state index contributed by atoms with van der Waals surface area (Å²) in [4.78, 5) is 1.44. The van der Waals surface area contributed by atoms with E-state index in [1.54, 1.807) is 0 Å². The van der Waals surface area contributed by atoms with Gasteiger partial charge in [0.15, 0.2) is 0 Å². The lowest BCUT2D eigenvalue weighted by Gasteiger charge is -2.03. The second kappa shape index (κ2) is 2.70. The van der Waals surface area contributed by atoms with E-state index in [0.717, 1.165) is 13.2 Å². The average Bonchev–Trinajstić information content (AvgIpc) is 2.59. The minimum absolute atomic E-state index is 0.556. The zero-order valence-electron chi connectivity index (χ0n) is 5.63. The van der Waals surface area contributed by atoms with E-state index in [-0.39, 0.29) is 0 Å². The van der Waals surface area contributed by atoms with Crippen LogP contribution in [0, 0.1) is 0 Å². The average molecular weight is 154 g/mol. The molecule has 0 radical (unpaired) electrons. The van der Waals surface area contributed by atoms with Gasteiger partial charge in [-0.3, -0.25) is 5.32 Å². The predicted octanol–water partition coefficient (Wildman–Crippen LogP) is 0.939. The van der Waals surface area contributed by atoms with E-state index in [9.17, 15) is 0 Å². The molecule has 2 rings (SSSR count). The predicted molar refractivity (Wildman–Crippen MR) is 43.1 cm³/mol. The molecule has 2 heterocycles. The number of thiophene rings is 1. The van der Waals surface area contributed by atoms with Crippen LogP contribution >= 0.6 is 11.3 Å². The first-order chi connectivity index (χ1) is 4.97. The van der Waals surface area contributed by atoms with Crippen molar-refractivity contribution in [3.05, 3.63) is 22.4 Å². The van der Waals surface area contributed by atoms with Crippen molar-refractivity contribution in [1.29, 1.82) is 0 Å². The summed E-state index contributed by atoms with van der Waals surface area (Å²) in [5.74, 6) is 0. The van der Waals surface area contributed by atoms with Gasteiger partial charge in [-0.25, -0.2) is 0 Å². The van der Waals surface area contributed by atoms with Crippen LogP contribution in [0.15, 0.2) is 17.5 Å². The van der Waals surface area contributed by atoms with Crippen LogP contribution in [0.4, 0.5) is 0 Å². The highest BCUT2D eigenvalue weighted by Crippen LogP contribution is 2.19. The number of hydrogen-bond acceptors (Lipinski definition) is 3. The molecule has 0 aromatic carbocycles. The van der Waals surface area contributed by atoms with Gasteiger partial charge in [-0.1, -0.05) is 6.07 Å². The molecule has 1 atom stereocenters. The second-order valence-corrected chi connectivity index (χ2v) is 3.38. The Morgan fingerprint density at radius 3 is 3.20 bits per heavy atom. The Balaban J connectivity index is 2.12. The van der Waals surface area contributed by atoms with Crippen molar-refractivity contribution in [3.63, 3.8) is 0 Å². The zero-order chi connectivity index (χ0) is 6.81. The molecule has 1 fully saturated rings. The molecule has 0 spiro atoms.